The van der Waals surface area contributed by atoms with Gasteiger partial charge in [0.05, 0.1) is 10.3 Å². The molecule has 3 N–H and O–H groups in total. The van der Waals surface area contributed by atoms with Crippen molar-refractivity contribution in [3.8, 4) is 0 Å². The zero-order chi connectivity index (χ0) is 16.8. The summed E-state index contributed by atoms with van der Waals surface area (Å²) in [6, 6.07) is 0. The highest BCUT2D eigenvalue weighted by Gasteiger charge is 2.21. The number of aryl methyl sites for hydroxylation is 4. The molecule has 3 aromatic heterocycles. The number of nitrogens with zero attached hydrogens (tertiary/aromatic N) is 5. The Balaban J connectivity index is 1.67. The van der Waals surface area contributed by atoms with Crippen LogP contribution in [-0.2, 0) is 13.0 Å². The standard InChI is InChI=1S/C15H17N7OS/c1-7-10-12(16)17-8(2)18-14(10)24-11(7)13(23)20-15-19-9-5-3-4-6-22(9)21-15/h3-6H2,1-2H3,(H2,16,17,18)(H,20,21,23). The summed E-state index contributed by atoms with van der Waals surface area (Å²) in [6.45, 7) is 4.49. The van der Waals surface area contributed by atoms with E-state index < -0.39 is 0 Å². The summed E-state index contributed by atoms with van der Waals surface area (Å²) in [4.78, 5) is 26.9. The number of thiophene rings is 1. The summed E-state index contributed by atoms with van der Waals surface area (Å²) in [5, 5.41) is 7.89. The molecule has 124 valence electrons. The number of amides is 1. The van der Waals surface area contributed by atoms with Gasteiger partial charge in [-0.25, -0.2) is 14.6 Å². The van der Waals surface area contributed by atoms with Crippen LogP contribution in [0.1, 0.15) is 39.7 Å². The first-order valence-corrected chi connectivity index (χ1v) is 8.63. The minimum Gasteiger partial charge on any atom is -0.383 e. The highest BCUT2D eigenvalue weighted by atomic mass is 32.1. The van der Waals surface area contributed by atoms with Gasteiger partial charge in [0, 0.05) is 13.0 Å². The first kappa shape index (κ1) is 15.0. The molecule has 8 nitrogen and oxygen atoms in total. The smallest absolute Gasteiger partial charge is 0.268 e. The normalized spacial score (nSPS) is 13.9. The number of hydrogen-bond acceptors (Lipinski definition) is 7. The molecule has 1 aliphatic heterocycles. The Morgan fingerprint density at radius 3 is 2.88 bits per heavy atom. The number of fused-ring (bicyclic) bond motifs is 2. The predicted molar refractivity (Wildman–Crippen MR) is 92.2 cm³/mol. The van der Waals surface area contributed by atoms with Crippen molar-refractivity contribution in [2.45, 2.75) is 39.7 Å². The van der Waals surface area contributed by atoms with Crippen molar-refractivity contribution >= 4 is 39.2 Å². The first-order valence-electron chi connectivity index (χ1n) is 7.81. The lowest BCUT2D eigenvalue weighted by Crippen LogP contribution is -2.13. The summed E-state index contributed by atoms with van der Waals surface area (Å²) < 4.78 is 1.86. The summed E-state index contributed by atoms with van der Waals surface area (Å²) in [6.07, 6.45) is 3.10. The van der Waals surface area contributed by atoms with E-state index in [9.17, 15) is 4.79 Å². The molecule has 1 amide bonds. The number of hydrogen-bond donors (Lipinski definition) is 2. The predicted octanol–water partition coefficient (Wildman–Crippen LogP) is 2.07. The van der Waals surface area contributed by atoms with Gasteiger partial charge in [0.1, 0.15) is 22.3 Å². The Morgan fingerprint density at radius 1 is 1.25 bits per heavy atom. The molecule has 0 aliphatic carbocycles. The monoisotopic (exact) mass is 343 g/mol. The molecular weight excluding hydrogens is 326 g/mol. The van der Waals surface area contributed by atoms with E-state index in [0.717, 1.165) is 47.4 Å². The van der Waals surface area contributed by atoms with Gasteiger partial charge in [-0.1, -0.05) is 0 Å². The van der Waals surface area contributed by atoms with Crippen molar-refractivity contribution in [3.63, 3.8) is 0 Å². The van der Waals surface area contributed by atoms with E-state index in [1.54, 1.807) is 6.92 Å². The average molecular weight is 343 g/mol. The number of rotatable bonds is 2. The highest BCUT2D eigenvalue weighted by Crippen LogP contribution is 2.33. The highest BCUT2D eigenvalue weighted by molar-refractivity contribution is 7.20. The van der Waals surface area contributed by atoms with E-state index in [4.69, 9.17) is 5.73 Å². The number of nitrogen functional groups attached to an aromatic ring is 1. The van der Waals surface area contributed by atoms with Crippen LogP contribution in [0.2, 0.25) is 0 Å². The summed E-state index contributed by atoms with van der Waals surface area (Å²) >= 11 is 1.31. The van der Waals surface area contributed by atoms with Gasteiger partial charge in [-0.2, -0.15) is 4.98 Å². The van der Waals surface area contributed by atoms with E-state index in [0.29, 0.717) is 22.5 Å². The number of carbonyl (C=O) groups is 1. The van der Waals surface area contributed by atoms with Crippen molar-refractivity contribution in [3.05, 3.63) is 22.1 Å². The van der Waals surface area contributed by atoms with Crippen molar-refractivity contribution in [1.82, 2.24) is 24.7 Å². The summed E-state index contributed by atoms with van der Waals surface area (Å²) in [7, 11) is 0. The average Bonchev–Trinajstić information content (AvgIpc) is 3.07. The third-order valence-electron chi connectivity index (χ3n) is 4.13. The zero-order valence-electron chi connectivity index (χ0n) is 13.5. The number of aromatic nitrogens is 5. The van der Waals surface area contributed by atoms with Crippen LogP contribution in [-0.4, -0.2) is 30.6 Å². The van der Waals surface area contributed by atoms with Crippen LogP contribution >= 0.6 is 11.3 Å². The molecule has 0 bridgehead atoms. The lowest BCUT2D eigenvalue weighted by molar-refractivity contribution is 0.102. The van der Waals surface area contributed by atoms with E-state index in [1.807, 2.05) is 11.6 Å². The minimum absolute atomic E-state index is 0.240. The molecule has 0 radical (unpaired) electrons. The van der Waals surface area contributed by atoms with Gasteiger partial charge in [-0.3, -0.25) is 10.1 Å². The third kappa shape index (κ3) is 2.41. The molecule has 0 atom stereocenters. The lowest BCUT2D eigenvalue weighted by Gasteiger charge is -2.09. The van der Waals surface area contributed by atoms with Crippen LogP contribution in [0.3, 0.4) is 0 Å². The van der Waals surface area contributed by atoms with Gasteiger partial charge in [-0.15, -0.1) is 16.4 Å². The number of carbonyl (C=O) groups excluding carboxylic acids is 1. The molecule has 9 heteroatoms. The van der Waals surface area contributed by atoms with Crippen molar-refractivity contribution in [2.24, 2.45) is 0 Å². The number of nitrogens with two attached hydrogens (primary N) is 1. The Labute approximate surface area is 142 Å². The third-order valence-corrected chi connectivity index (χ3v) is 5.31. The quantitative estimate of drug-likeness (QED) is 0.737. The molecular formula is C15H17N7OS. The van der Waals surface area contributed by atoms with Gasteiger partial charge in [0.2, 0.25) is 5.95 Å². The van der Waals surface area contributed by atoms with Gasteiger partial charge in [0.15, 0.2) is 0 Å². The van der Waals surface area contributed by atoms with Crippen LogP contribution in [0.15, 0.2) is 0 Å². The maximum atomic E-state index is 12.6. The van der Waals surface area contributed by atoms with E-state index in [1.165, 1.54) is 11.3 Å². The second kappa shape index (κ2) is 5.52. The maximum absolute atomic E-state index is 12.6. The molecule has 4 heterocycles. The molecule has 0 fully saturated rings. The molecule has 1 aliphatic rings. The van der Waals surface area contributed by atoms with Crippen LogP contribution in [0.25, 0.3) is 10.2 Å². The van der Waals surface area contributed by atoms with Gasteiger partial charge in [-0.05, 0) is 32.3 Å². The molecule has 0 unspecified atom stereocenters. The Morgan fingerprint density at radius 2 is 2.08 bits per heavy atom. The molecule has 3 aromatic rings. The molecule has 4 rings (SSSR count). The van der Waals surface area contributed by atoms with Crippen molar-refractivity contribution in [1.29, 1.82) is 0 Å². The Kier molecular flexibility index (Phi) is 3.45. The molecule has 24 heavy (non-hydrogen) atoms. The van der Waals surface area contributed by atoms with E-state index in [-0.39, 0.29) is 5.91 Å². The second-order valence-electron chi connectivity index (χ2n) is 5.88. The van der Waals surface area contributed by atoms with Crippen LogP contribution in [0.5, 0.6) is 0 Å². The van der Waals surface area contributed by atoms with E-state index in [2.05, 4.69) is 25.4 Å². The Bertz CT molecular complexity index is 935. The maximum Gasteiger partial charge on any atom is 0.268 e. The minimum atomic E-state index is -0.240. The van der Waals surface area contributed by atoms with Gasteiger partial charge >= 0.3 is 0 Å². The molecule has 0 saturated carbocycles. The fraction of sp³-hybridized carbons (Fsp3) is 0.400. The second-order valence-corrected chi connectivity index (χ2v) is 6.88. The lowest BCUT2D eigenvalue weighted by atomic mass is 10.2. The zero-order valence-corrected chi connectivity index (χ0v) is 14.3. The fourth-order valence-electron chi connectivity index (χ4n) is 2.99. The van der Waals surface area contributed by atoms with Crippen LogP contribution < -0.4 is 11.1 Å². The van der Waals surface area contributed by atoms with Crippen molar-refractivity contribution in [2.75, 3.05) is 11.1 Å². The summed E-state index contributed by atoms with van der Waals surface area (Å²) in [5.41, 5.74) is 6.77. The number of nitrogens with one attached hydrogen (secondary N) is 1. The molecule has 0 aromatic carbocycles. The topological polar surface area (TPSA) is 112 Å². The van der Waals surface area contributed by atoms with E-state index >= 15 is 0 Å². The molecule has 0 spiro atoms. The first-order chi connectivity index (χ1) is 11.5. The van der Waals surface area contributed by atoms with Gasteiger partial charge < -0.3 is 5.73 Å². The largest absolute Gasteiger partial charge is 0.383 e. The molecule has 0 saturated heterocycles. The summed E-state index contributed by atoms with van der Waals surface area (Å²) in [5.74, 6) is 2.03. The van der Waals surface area contributed by atoms with Crippen LogP contribution in [0.4, 0.5) is 11.8 Å². The number of anilines is 2. The fourth-order valence-corrected chi connectivity index (χ4v) is 4.12. The van der Waals surface area contributed by atoms with Crippen LogP contribution in [0, 0.1) is 13.8 Å². The van der Waals surface area contributed by atoms with Gasteiger partial charge in [0.25, 0.3) is 5.91 Å². The SMILES string of the molecule is Cc1nc(N)c2c(C)c(C(=O)Nc3nc4n(n3)CCCC4)sc2n1. The van der Waals surface area contributed by atoms with Crippen molar-refractivity contribution < 1.29 is 4.79 Å². The Hall–Kier alpha value is -2.55.